The van der Waals surface area contributed by atoms with Crippen molar-refractivity contribution in [3.8, 4) is 0 Å². The second kappa shape index (κ2) is 21.4. The largest absolute Gasteiger partial charge is 0.388 e. The Labute approximate surface area is 215 Å². The molecular formula is C29H57NO5. The monoisotopic (exact) mass is 499 g/mol. The highest BCUT2D eigenvalue weighted by molar-refractivity contribution is 5.76. The quantitative estimate of drug-likeness (QED) is 0.157. The molecular weight excluding hydrogens is 442 g/mol. The number of ether oxygens (including phenoxy) is 1. The molecule has 1 rings (SSSR count). The number of amides is 1. The van der Waals surface area contributed by atoms with Gasteiger partial charge in [0.05, 0.1) is 6.61 Å². The predicted octanol–water partition coefficient (Wildman–Crippen LogP) is 6.10. The minimum absolute atomic E-state index is 0.0171. The second-order valence-electron chi connectivity index (χ2n) is 10.6. The second-order valence-corrected chi connectivity index (χ2v) is 10.6. The van der Waals surface area contributed by atoms with Gasteiger partial charge in [0.2, 0.25) is 5.91 Å². The summed E-state index contributed by atoms with van der Waals surface area (Å²) in [6, 6.07) is 0. The maximum absolute atomic E-state index is 13.1. The molecule has 208 valence electrons. The van der Waals surface area contributed by atoms with Crippen LogP contribution >= 0.6 is 0 Å². The third-order valence-corrected chi connectivity index (χ3v) is 7.35. The van der Waals surface area contributed by atoms with Gasteiger partial charge >= 0.3 is 0 Å². The van der Waals surface area contributed by atoms with Crippen LogP contribution in [0.5, 0.6) is 0 Å². The Morgan fingerprint density at radius 2 is 1.09 bits per heavy atom. The van der Waals surface area contributed by atoms with Gasteiger partial charge in [0.15, 0.2) is 6.23 Å². The van der Waals surface area contributed by atoms with Crippen molar-refractivity contribution >= 4 is 5.91 Å². The van der Waals surface area contributed by atoms with Crippen molar-refractivity contribution in [2.45, 2.75) is 167 Å². The van der Waals surface area contributed by atoms with Gasteiger partial charge in [0, 0.05) is 13.0 Å². The highest BCUT2D eigenvalue weighted by atomic mass is 16.5. The molecule has 1 amide bonds. The lowest BCUT2D eigenvalue weighted by atomic mass is 10.0. The van der Waals surface area contributed by atoms with E-state index >= 15 is 0 Å². The molecule has 0 unspecified atom stereocenters. The molecule has 1 heterocycles. The zero-order valence-electron chi connectivity index (χ0n) is 23.0. The van der Waals surface area contributed by atoms with E-state index in [0.717, 1.165) is 38.5 Å². The number of rotatable bonds is 22. The van der Waals surface area contributed by atoms with Crippen LogP contribution in [-0.4, -0.2) is 63.8 Å². The maximum Gasteiger partial charge on any atom is 0.224 e. The first-order chi connectivity index (χ1) is 17.0. The number of hydrogen-bond donors (Lipinski definition) is 3. The molecule has 1 aliphatic rings. The fourth-order valence-electron chi connectivity index (χ4n) is 4.96. The zero-order chi connectivity index (χ0) is 25.7. The summed E-state index contributed by atoms with van der Waals surface area (Å²) in [5.41, 5.74) is 0. The van der Waals surface area contributed by atoms with Crippen LogP contribution in [0.4, 0.5) is 0 Å². The summed E-state index contributed by atoms with van der Waals surface area (Å²) in [7, 11) is 0. The van der Waals surface area contributed by atoms with Crippen molar-refractivity contribution in [2.75, 3.05) is 13.2 Å². The van der Waals surface area contributed by atoms with E-state index in [4.69, 9.17) is 4.74 Å². The Hall–Kier alpha value is -0.690. The Morgan fingerprint density at radius 3 is 1.57 bits per heavy atom. The zero-order valence-corrected chi connectivity index (χ0v) is 23.0. The topological polar surface area (TPSA) is 90.2 Å². The smallest absolute Gasteiger partial charge is 0.224 e. The fourth-order valence-corrected chi connectivity index (χ4v) is 4.96. The highest BCUT2D eigenvalue weighted by Crippen LogP contribution is 2.22. The molecule has 1 aliphatic heterocycles. The number of aliphatic hydroxyl groups excluding tert-OH is 3. The molecule has 0 radical (unpaired) electrons. The number of hydrogen-bond acceptors (Lipinski definition) is 5. The van der Waals surface area contributed by atoms with Crippen LogP contribution in [0.1, 0.15) is 142 Å². The third kappa shape index (κ3) is 14.6. The van der Waals surface area contributed by atoms with Crippen molar-refractivity contribution in [2.24, 2.45) is 0 Å². The Morgan fingerprint density at radius 1 is 0.657 bits per heavy atom. The first-order valence-corrected chi connectivity index (χ1v) is 15.0. The lowest BCUT2D eigenvalue weighted by molar-refractivity contribution is -0.228. The molecule has 35 heavy (non-hydrogen) atoms. The van der Waals surface area contributed by atoms with Gasteiger partial charge < -0.3 is 25.0 Å². The van der Waals surface area contributed by atoms with Gasteiger partial charge in [0.1, 0.15) is 18.3 Å². The van der Waals surface area contributed by atoms with E-state index in [1.807, 2.05) is 0 Å². The van der Waals surface area contributed by atoms with E-state index in [0.29, 0.717) is 13.0 Å². The van der Waals surface area contributed by atoms with E-state index in [1.54, 1.807) is 4.90 Å². The molecule has 0 aliphatic carbocycles. The normalized spacial score (nSPS) is 22.4. The molecule has 0 aromatic rings. The van der Waals surface area contributed by atoms with Gasteiger partial charge in [-0.25, -0.2) is 0 Å². The van der Waals surface area contributed by atoms with Gasteiger partial charge in [-0.1, -0.05) is 123 Å². The molecule has 6 nitrogen and oxygen atoms in total. The average molecular weight is 500 g/mol. The van der Waals surface area contributed by atoms with Crippen molar-refractivity contribution in [3.05, 3.63) is 0 Å². The molecule has 0 saturated carbocycles. The van der Waals surface area contributed by atoms with Crippen LogP contribution in [0.25, 0.3) is 0 Å². The van der Waals surface area contributed by atoms with E-state index in [-0.39, 0.29) is 12.5 Å². The minimum Gasteiger partial charge on any atom is -0.388 e. The molecule has 1 fully saturated rings. The molecule has 0 aromatic carbocycles. The van der Waals surface area contributed by atoms with Gasteiger partial charge in [-0.05, 0) is 12.8 Å². The third-order valence-electron chi connectivity index (χ3n) is 7.35. The van der Waals surface area contributed by atoms with Crippen molar-refractivity contribution in [1.29, 1.82) is 0 Å². The lowest BCUT2D eigenvalue weighted by Gasteiger charge is -2.41. The van der Waals surface area contributed by atoms with Crippen LogP contribution in [0.15, 0.2) is 0 Å². The fraction of sp³-hybridized carbons (Fsp3) is 0.966. The van der Waals surface area contributed by atoms with Crippen LogP contribution in [0.3, 0.4) is 0 Å². The summed E-state index contributed by atoms with van der Waals surface area (Å²) in [6.07, 6.45) is 18.8. The summed E-state index contributed by atoms with van der Waals surface area (Å²) in [4.78, 5) is 14.7. The van der Waals surface area contributed by atoms with E-state index in [2.05, 4.69) is 13.8 Å². The number of carbonyl (C=O) groups excluding carboxylic acids is 1. The minimum atomic E-state index is -1.29. The number of carbonyl (C=O) groups is 1. The average Bonchev–Trinajstić information content (AvgIpc) is 2.85. The van der Waals surface area contributed by atoms with Crippen LogP contribution in [-0.2, 0) is 9.53 Å². The standard InChI is InChI=1S/C29H57NO5/c1-3-5-7-9-11-13-15-17-19-21-23-30(29-28(34)27(33)25(31)24-35-29)26(32)22-20-18-16-14-12-10-8-6-4-2/h25,27-29,31,33-34H,3-24H2,1-2H3/t25-,27+,28+,29-/m1/s1. The SMILES string of the molecule is CCCCCCCCCCCCN(C(=O)CCCCCCCCCCC)[C@@H]1OC[C@@H](O)[C@H](O)[C@@H]1O. The van der Waals surface area contributed by atoms with Gasteiger partial charge in [-0.3, -0.25) is 4.79 Å². The van der Waals surface area contributed by atoms with Crippen LogP contribution in [0, 0.1) is 0 Å². The van der Waals surface area contributed by atoms with Gasteiger partial charge in [0.25, 0.3) is 0 Å². The predicted molar refractivity (Wildman–Crippen MR) is 143 cm³/mol. The molecule has 0 spiro atoms. The van der Waals surface area contributed by atoms with E-state index < -0.39 is 24.5 Å². The van der Waals surface area contributed by atoms with Crippen molar-refractivity contribution in [1.82, 2.24) is 4.90 Å². The summed E-state index contributed by atoms with van der Waals surface area (Å²) < 4.78 is 5.64. The molecule has 0 bridgehead atoms. The maximum atomic E-state index is 13.1. The summed E-state index contributed by atoms with van der Waals surface area (Å²) in [6.45, 7) is 4.93. The molecule has 3 N–H and O–H groups in total. The number of nitrogens with zero attached hydrogens (tertiary/aromatic N) is 1. The van der Waals surface area contributed by atoms with Crippen LogP contribution < -0.4 is 0 Å². The van der Waals surface area contributed by atoms with Gasteiger partial charge in [-0.2, -0.15) is 0 Å². The van der Waals surface area contributed by atoms with Crippen LogP contribution in [0.2, 0.25) is 0 Å². The van der Waals surface area contributed by atoms with Gasteiger partial charge in [-0.15, -0.1) is 0 Å². The molecule has 1 saturated heterocycles. The highest BCUT2D eigenvalue weighted by Gasteiger charge is 2.41. The molecule has 6 heteroatoms. The first-order valence-electron chi connectivity index (χ1n) is 15.0. The van der Waals surface area contributed by atoms with E-state index in [1.165, 1.54) is 83.5 Å². The first kappa shape index (κ1) is 32.3. The van der Waals surface area contributed by atoms with Crippen molar-refractivity contribution < 1.29 is 24.9 Å². The Balaban J connectivity index is 2.36. The lowest BCUT2D eigenvalue weighted by Crippen LogP contribution is -2.60. The molecule has 4 atom stereocenters. The number of unbranched alkanes of at least 4 members (excludes halogenated alkanes) is 17. The summed E-state index contributed by atoms with van der Waals surface area (Å²) in [5, 5.41) is 30.4. The summed E-state index contributed by atoms with van der Waals surface area (Å²) in [5.74, 6) is -0.0171. The van der Waals surface area contributed by atoms with E-state index in [9.17, 15) is 20.1 Å². The summed E-state index contributed by atoms with van der Waals surface area (Å²) >= 11 is 0. The Kier molecular flexibility index (Phi) is 19.8. The Bertz CT molecular complexity index is 503. The number of aliphatic hydroxyl groups is 3. The molecule has 0 aromatic heterocycles. The van der Waals surface area contributed by atoms with Crippen molar-refractivity contribution in [3.63, 3.8) is 0 Å².